The molecule has 0 radical (unpaired) electrons. The van der Waals surface area contributed by atoms with Gasteiger partial charge in [-0.2, -0.15) is 0 Å². The monoisotopic (exact) mass is 299 g/mol. The van der Waals surface area contributed by atoms with E-state index in [4.69, 9.17) is 16.7 Å². The fourth-order valence-corrected chi connectivity index (χ4v) is 2.03. The average Bonchev–Trinajstić information content (AvgIpc) is 2.48. The number of rotatable bonds is 2. The molecule has 2 N–H and O–H groups in total. The van der Waals surface area contributed by atoms with Gasteiger partial charge in [-0.1, -0.05) is 41.6 Å². The predicted octanol–water partition coefficient (Wildman–Crippen LogP) is 3.24. The van der Waals surface area contributed by atoms with Crippen LogP contribution in [0.5, 0.6) is 0 Å². The zero-order valence-electron chi connectivity index (χ0n) is 11.5. The number of aliphatic hydroxyl groups excluding tert-OH is 1. The van der Waals surface area contributed by atoms with Crippen LogP contribution in [-0.4, -0.2) is 17.6 Å². The molecule has 4 heteroatoms. The molecule has 0 heterocycles. The van der Waals surface area contributed by atoms with Crippen LogP contribution in [0.1, 0.15) is 21.5 Å². The molecule has 0 aliphatic heterocycles. The predicted molar refractivity (Wildman–Crippen MR) is 84.5 cm³/mol. The number of nitrogens with one attached hydrogen (secondary N) is 1. The first kappa shape index (κ1) is 15.1. The topological polar surface area (TPSA) is 49.3 Å². The van der Waals surface area contributed by atoms with E-state index in [0.717, 1.165) is 11.1 Å². The Morgan fingerprint density at radius 1 is 1.29 bits per heavy atom. The van der Waals surface area contributed by atoms with Crippen LogP contribution in [0, 0.1) is 18.8 Å². The maximum atomic E-state index is 12.2. The summed E-state index contributed by atoms with van der Waals surface area (Å²) in [5.41, 5.74) is 2.74. The van der Waals surface area contributed by atoms with Gasteiger partial charge in [0.2, 0.25) is 0 Å². The van der Waals surface area contributed by atoms with Gasteiger partial charge in [0.15, 0.2) is 0 Å². The smallest absolute Gasteiger partial charge is 0.257 e. The van der Waals surface area contributed by atoms with Crippen molar-refractivity contribution in [3.05, 3.63) is 64.2 Å². The van der Waals surface area contributed by atoms with E-state index in [0.29, 0.717) is 16.3 Å². The van der Waals surface area contributed by atoms with Crippen molar-refractivity contribution >= 4 is 23.2 Å². The van der Waals surface area contributed by atoms with Crippen molar-refractivity contribution < 1.29 is 9.90 Å². The van der Waals surface area contributed by atoms with Crippen LogP contribution in [0.25, 0.3) is 0 Å². The lowest BCUT2D eigenvalue weighted by atomic mass is 10.1. The van der Waals surface area contributed by atoms with Crippen LogP contribution < -0.4 is 5.32 Å². The molecule has 2 rings (SSSR count). The first-order chi connectivity index (χ1) is 10.1. The second kappa shape index (κ2) is 6.94. The van der Waals surface area contributed by atoms with E-state index in [2.05, 4.69) is 17.2 Å². The van der Waals surface area contributed by atoms with Gasteiger partial charge < -0.3 is 10.4 Å². The molecular weight excluding hydrogens is 286 g/mol. The van der Waals surface area contributed by atoms with Crippen LogP contribution >= 0.6 is 11.6 Å². The Balaban J connectivity index is 2.27. The summed E-state index contributed by atoms with van der Waals surface area (Å²) >= 11 is 6.01. The summed E-state index contributed by atoms with van der Waals surface area (Å²) in [5, 5.41) is 12.0. The Labute approximate surface area is 128 Å². The Hall–Kier alpha value is -2.28. The number of carbonyl (C=O) groups excluding carboxylic acids is 1. The van der Waals surface area contributed by atoms with Crippen molar-refractivity contribution in [3.63, 3.8) is 0 Å². The summed E-state index contributed by atoms with van der Waals surface area (Å²) in [7, 11) is 0. The average molecular weight is 300 g/mol. The lowest BCUT2D eigenvalue weighted by Gasteiger charge is -2.10. The molecule has 21 heavy (non-hydrogen) atoms. The summed E-state index contributed by atoms with van der Waals surface area (Å²) in [6, 6.07) is 12.3. The van der Waals surface area contributed by atoms with Crippen molar-refractivity contribution in [2.24, 2.45) is 0 Å². The minimum atomic E-state index is -0.268. The second-order valence-electron chi connectivity index (χ2n) is 4.42. The largest absolute Gasteiger partial charge is 0.384 e. The molecule has 1 amide bonds. The van der Waals surface area contributed by atoms with Crippen molar-refractivity contribution in [1.29, 1.82) is 0 Å². The molecule has 0 bridgehead atoms. The number of amides is 1. The summed E-state index contributed by atoms with van der Waals surface area (Å²) in [4.78, 5) is 12.2. The number of benzene rings is 2. The van der Waals surface area contributed by atoms with Gasteiger partial charge in [0.05, 0.1) is 10.6 Å². The number of hydrogen-bond acceptors (Lipinski definition) is 2. The number of carbonyl (C=O) groups is 1. The number of aliphatic hydroxyl groups is 1. The van der Waals surface area contributed by atoms with Gasteiger partial charge in [-0.05, 0) is 36.8 Å². The molecule has 0 saturated heterocycles. The highest BCUT2D eigenvalue weighted by Crippen LogP contribution is 2.20. The first-order valence-corrected chi connectivity index (χ1v) is 6.76. The highest BCUT2D eigenvalue weighted by Gasteiger charge is 2.11. The molecule has 0 aliphatic carbocycles. The fraction of sp³-hybridized carbons (Fsp3) is 0.118. The minimum Gasteiger partial charge on any atom is -0.384 e. The van der Waals surface area contributed by atoms with E-state index >= 15 is 0 Å². The Morgan fingerprint density at radius 3 is 2.76 bits per heavy atom. The van der Waals surface area contributed by atoms with E-state index in [-0.39, 0.29) is 12.5 Å². The van der Waals surface area contributed by atoms with E-state index in [1.165, 1.54) is 0 Å². The molecular formula is C17H14ClNO2. The minimum absolute atomic E-state index is 0.199. The molecule has 2 aromatic rings. The van der Waals surface area contributed by atoms with Crippen LogP contribution in [0.2, 0.25) is 5.02 Å². The molecule has 2 aromatic carbocycles. The Bertz CT molecular complexity index is 729. The van der Waals surface area contributed by atoms with Gasteiger partial charge in [0.25, 0.3) is 5.91 Å². The summed E-state index contributed by atoms with van der Waals surface area (Å²) in [6.45, 7) is 1.70. The summed E-state index contributed by atoms with van der Waals surface area (Å²) in [6.07, 6.45) is 0. The van der Waals surface area contributed by atoms with Gasteiger partial charge in [0, 0.05) is 11.3 Å². The highest BCUT2D eigenvalue weighted by atomic mass is 35.5. The SMILES string of the molecule is Cc1ccc(C#CCO)cc1NC(=O)c1ccccc1Cl. The third-order valence-electron chi connectivity index (χ3n) is 2.92. The third-order valence-corrected chi connectivity index (χ3v) is 3.25. The van der Waals surface area contributed by atoms with Gasteiger partial charge in [-0.15, -0.1) is 0 Å². The zero-order valence-corrected chi connectivity index (χ0v) is 12.2. The lowest BCUT2D eigenvalue weighted by Crippen LogP contribution is -2.13. The van der Waals surface area contributed by atoms with Crippen molar-refractivity contribution in [1.82, 2.24) is 0 Å². The molecule has 0 aliphatic rings. The molecule has 0 unspecified atom stereocenters. The molecule has 0 atom stereocenters. The Morgan fingerprint density at radius 2 is 2.05 bits per heavy atom. The third kappa shape index (κ3) is 3.85. The van der Waals surface area contributed by atoms with E-state index < -0.39 is 0 Å². The number of hydrogen-bond donors (Lipinski definition) is 2. The molecule has 3 nitrogen and oxygen atoms in total. The Kier molecular flexibility index (Phi) is 4.99. The number of anilines is 1. The number of halogens is 1. The maximum absolute atomic E-state index is 12.2. The number of aryl methyl sites for hydroxylation is 1. The molecule has 106 valence electrons. The fourth-order valence-electron chi connectivity index (χ4n) is 1.81. The molecule has 0 spiro atoms. The molecule has 0 saturated carbocycles. The molecule has 0 fully saturated rings. The van der Waals surface area contributed by atoms with Crippen molar-refractivity contribution in [2.75, 3.05) is 11.9 Å². The summed E-state index contributed by atoms with van der Waals surface area (Å²) < 4.78 is 0. The first-order valence-electron chi connectivity index (χ1n) is 6.38. The van der Waals surface area contributed by atoms with Crippen molar-refractivity contribution in [3.8, 4) is 11.8 Å². The van der Waals surface area contributed by atoms with Crippen LogP contribution in [0.4, 0.5) is 5.69 Å². The van der Waals surface area contributed by atoms with Gasteiger partial charge in [-0.3, -0.25) is 4.79 Å². The maximum Gasteiger partial charge on any atom is 0.257 e. The lowest BCUT2D eigenvalue weighted by molar-refractivity contribution is 0.102. The van der Waals surface area contributed by atoms with E-state index in [1.807, 2.05) is 19.1 Å². The standard InChI is InChI=1S/C17H14ClNO2/c1-12-8-9-13(5-4-10-20)11-16(12)19-17(21)14-6-2-3-7-15(14)18/h2-3,6-9,11,20H,10H2,1H3,(H,19,21). The van der Waals surface area contributed by atoms with Crippen LogP contribution in [-0.2, 0) is 0 Å². The van der Waals surface area contributed by atoms with Crippen LogP contribution in [0.15, 0.2) is 42.5 Å². The quantitative estimate of drug-likeness (QED) is 0.836. The van der Waals surface area contributed by atoms with Gasteiger partial charge in [0.1, 0.15) is 6.61 Å². The zero-order chi connectivity index (χ0) is 15.2. The second-order valence-corrected chi connectivity index (χ2v) is 4.83. The molecule has 0 aromatic heterocycles. The van der Waals surface area contributed by atoms with E-state index in [1.54, 1.807) is 30.3 Å². The van der Waals surface area contributed by atoms with E-state index in [9.17, 15) is 4.79 Å². The van der Waals surface area contributed by atoms with Gasteiger partial charge >= 0.3 is 0 Å². The van der Waals surface area contributed by atoms with Crippen LogP contribution in [0.3, 0.4) is 0 Å². The summed E-state index contributed by atoms with van der Waals surface area (Å²) in [5.74, 6) is 5.12. The van der Waals surface area contributed by atoms with Gasteiger partial charge in [-0.25, -0.2) is 0 Å². The normalized spacial score (nSPS) is 9.67. The highest BCUT2D eigenvalue weighted by molar-refractivity contribution is 6.34. The van der Waals surface area contributed by atoms with Crippen molar-refractivity contribution in [2.45, 2.75) is 6.92 Å².